The van der Waals surface area contributed by atoms with E-state index in [1.54, 1.807) is 22.4 Å². The number of nitrogens with one attached hydrogen (secondary N) is 1. The zero-order valence-corrected chi connectivity index (χ0v) is 10.5. The Balaban J connectivity index is 1.87. The Morgan fingerprint density at radius 3 is 3.00 bits per heavy atom. The van der Waals surface area contributed by atoms with E-state index in [2.05, 4.69) is 29.3 Å². The molecule has 1 aromatic carbocycles. The van der Waals surface area contributed by atoms with Crippen molar-refractivity contribution in [2.45, 2.75) is 44.7 Å². The van der Waals surface area contributed by atoms with Gasteiger partial charge in [-0.15, -0.1) is 0 Å². The number of fused-ring (bicyclic) bond motifs is 5. The highest BCUT2D eigenvalue weighted by Crippen LogP contribution is 2.42. The Hall–Kier alpha value is -1.02. The van der Waals surface area contributed by atoms with Crippen LogP contribution in [0, 0.1) is 0 Å². The number of benzene rings is 1. The lowest BCUT2D eigenvalue weighted by Crippen LogP contribution is -2.55. The first-order valence-corrected chi connectivity index (χ1v) is 6.97. The molecule has 0 bridgehead atoms. The maximum atomic E-state index is 3.57. The van der Waals surface area contributed by atoms with Crippen molar-refractivity contribution < 1.29 is 0 Å². The average Bonchev–Trinajstić information content (AvgIpc) is 2.91. The molecule has 0 spiro atoms. The highest BCUT2D eigenvalue weighted by atomic mass is 15.3. The summed E-state index contributed by atoms with van der Waals surface area (Å²) in [6.45, 7) is 4.66. The van der Waals surface area contributed by atoms with Gasteiger partial charge in [0.2, 0.25) is 0 Å². The third kappa shape index (κ3) is 1.30. The lowest BCUT2D eigenvalue weighted by atomic mass is 10.0. The summed E-state index contributed by atoms with van der Waals surface area (Å²) in [7, 11) is 0. The molecular weight excluding hydrogens is 208 g/mol. The largest absolute Gasteiger partial charge is 0.362 e. The van der Waals surface area contributed by atoms with E-state index in [4.69, 9.17) is 0 Å². The van der Waals surface area contributed by atoms with Gasteiger partial charge in [-0.2, -0.15) is 0 Å². The Morgan fingerprint density at radius 1 is 1.18 bits per heavy atom. The van der Waals surface area contributed by atoms with Gasteiger partial charge in [-0.25, -0.2) is 0 Å². The lowest BCUT2D eigenvalue weighted by molar-refractivity contribution is 0.429. The van der Waals surface area contributed by atoms with E-state index in [1.165, 1.54) is 25.7 Å². The molecule has 1 unspecified atom stereocenters. The standard InChI is InChI=1S/C15H20N2/c1-10-8-16-9-13-7-12-6-5-11-3-2-4-14(11)15(12)17(10)13/h5-6,10,13,16H,2-4,7-9H2,1H3/t10-,13?/m1/s1. The van der Waals surface area contributed by atoms with Crippen molar-refractivity contribution in [3.05, 3.63) is 28.8 Å². The van der Waals surface area contributed by atoms with Crippen LogP contribution in [-0.2, 0) is 19.3 Å². The van der Waals surface area contributed by atoms with Crippen LogP contribution in [-0.4, -0.2) is 25.2 Å². The summed E-state index contributed by atoms with van der Waals surface area (Å²) in [6.07, 6.45) is 5.21. The summed E-state index contributed by atoms with van der Waals surface area (Å²) in [5, 5.41) is 3.57. The number of rotatable bonds is 0. The number of anilines is 1. The zero-order valence-electron chi connectivity index (χ0n) is 10.5. The maximum Gasteiger partial charge on any atom is 0.0459 e. The number of hydrogen-bond acceptors (Lipinski definition) is 2. The predicted molar refractivity (Wildman–Crippen MR) is 70.8 cm³/mol. The Bertz CT molecular complexity index is 466. The monoisotopic (exact) mass is 228 g/mol. The van der Waals surface area contributed by atoms with Gasteiger partial charge in [0.15, 0.2) is 0 Å². The molecule has 2 atom stereocenters. The second-order valence-corrected chi connectivity index (χ2v) is 5.84. The summed E-state index contributed by atoms with van der Waals surface area (Å²) >= 11 is 0. The molecular formula is C15H20N2. The van der Waals surface area contributed by atoms with E-state index in [0.717, 1.165) is 13.1 Å². The molecule has 90 valence electrons. The van der Waals surface area contributed by atoms with E-state index in [0.29, 0.717) is 12.1 Å². The summed E-state index contributed by atoms with van der Waals surface area (Å²) in [5.74, 6) is 0. The van der Waals surface area contributed by atoms with E-state index in [9.17, 15) is 0 Å². The van der Waals surface area contributed by atoms with Gasteiger partial charge < -0.3 is 10.2 Å². The third-order valence-corrected chi connectivity index (χ3v) is 4.74. The van der Waals surface area contributed by atoms with E-state index >= 15 is 0 Å². The minimum atomic E-state index is 0.655. The molecule has 1 N–H and O–H groups in total. The van der Waals surface area contributed by atoms with Crippen molar-refractivity contribution in [3.8, 4) is 0 Å². The minimum absolute atomic E-state index is 0.655. The first kappa shape index (κ1) is 9.95. The fraction of sp³-hybridized carbons (Fsp3) is 0.600. The lowest BCUT2D eigenvalue weighted by Gasteiger charge is -2.39. The Labute approximate surface area is 103 Å². The third-order valence-electron chi connectivity index (χ3n) is 4.74. The molecule has 2 heterocycles. The van der Waals surface area contributed by atoms with Crippen LogP contribution < -0.4 is 10.2 Å². The molecule has 2 heteroatoms. The van der Waals surface area contributed by atoms with Crippen molar-refractivity contribution >= 4 is 5.69 Å². The molecule has 3 aliphatic rings. The number of aryl methyl sites for hydroxylation is 1. The Kier molecular flexibility index (Phi) is 2.04. The minimum Gasteiger partial charge on any atom is -0.362 e. The smallest absolute Gasteiger partial charge is 0.0459 e. The molecule has 1 aliphatic carbocycles. The topological polar surface area (TPSA) is 15.3 Å². The average molecular weight is 228 g/mol. The number of hydrogen-bond donors (Lipinski definition) is 1. The first-order chi connectivity index (χ1) is 8.34. The first-order valence-electron chi connectivity index (χ1n) is 6.97. The number of piperazine rings is 1. The maximum absolute atomic E-state index is 3.57. The molecule has 4 rings (SSSR count). The molecule has 0 amide bonds. The van der Waals surface area contributed by atoms with Crippen LogP contribution in [0.4, 0.5) is 5.69 Å². The molecule has 0 radical (unpaired) electrons. The van der Waals surface area contributed by atoms with E-state index < -0.39 is 0 Å². The normalized spacial score (nSPS) is 30.1. The summed E-state index contributed by atoms with van der Waals surface area (Å²) in [6, 6.07) is 6.14. The van der Waals surface area contributed by atoms with Gasteiger partial charge in [-0.05, 0) is 49.3 Å². The Morgan fingerprint density at radius 2 is 2.06 bits per heavy atom. The summed E-state index contributed by atoms with van der Waals surface area (Å²) in [4.78, 5) is 2.72. The predicted octanol–water partition coefficient (Wildman–Crippen LogP) is 1.90. The van der Waals surface area contributed by atoms with Crippen LogP contribution >= 0.6 is 0 Å². The quantitative estimate of drug-likeness (QED) is 0.729. The number of nitrogens with zero attached hydrogens (tertiary/aromatic N) is 1. The fourth-order valence-electron chi connectivity index (χ4n) is 4.02. The second kappa shape index (κ2) is 3.49. The highest BCUT2D eigenvalue weighted by Gasteiger charge is 2.37. The molecule has 0 saturated carbocycles. The van der Waals surface area contributed by atoms with Gasteiger partial charge in [-0.3, -0.25) is 0 Å². The van der Waals surface area contributed by atoms with E-state index in [-0.39, 0.29) is 0 Å². The molecule has 1 fully saturated rings. The van der Waals surface area contributed by atoms with Crippen LogP contribution in [0.2, 0.25) is 0 Å². The van der Waals surface area contributed by atoms with Crippen molar-refractivity contribution in [2.24, 2.45) is 0 Å². The van der Waals surface area contributed by atoms with Crippen LogP contribution in [0.3, 0.4) is 0 Å². The molecule has 1 aromatic rings. The summed E-state index contributed by atoms with van der Waals surface area (Å²) < 4.78 is 0. The fourth-order valence-corrected chi connectivity index (χ4v) is 4.02. The summed E-state index contributed by atoms with van der Waals surface area (Å²) in [5.41, 5.74) is 6.53. The van der Waals surface area contributed by atoms with E-state index in [1.807, 2.05) is 0 Å². The van der Waals surface area contributed by atoms with Gasteiger partial charge in [0.25, 0.3) is 0 Å². The van der Waals surface area contributed by atoms with Crippen LogP contribution in [0.1, 0.15) is 30.0 Å². The molecule has 2 nitrogen and oxygen atoms in total. The highest BCUT2D eigenvalue weighted by molar-refractivity contribution is 5.68. The van der Waals surface area contributed by atoms with Crippen LogP contribution in [0.15, 0.2) is 12.1 Å². The molecule has 2 aliphatic heterocycles. The molecule has 17 heavy (non-hydrogen) atoms. The second-order valence-electron chi connectivity index (χ2n) is 5.84. The molecule has 1 saturated heterocycles. The van der Waals surface area contributed by atoms with Crippen molar-refractivity contribution in [1.29, 1.82) is 0 Å². The van der Waals surface area contributed by atoms with Gasteiger partial charge in [-0.1, -0.05) is 12.1 Å². The van der Waals surface area contributed by atoms with Crippen molar-refractivity contribution in [2.75, 3.05) is 18.0 Å². The van der Waals surface area contributed by atoms with Crippen molar-refractivity contribution in [3.63, 3.8) is 0 Å². The van der Waals surface area contributed by atoms with Gasteiger partial charge in [0.1, 0.15) is 0 Å². The SMILES string of the molecule is C[C@@H]1CNCC2Cc3ccc4c(c3N21)CCC4. The zero-order chi connectivity index (χ0) is 11.4. The van der Waals surface area contributed by atoms with Gasteiger partial charge in [0, 0.05) is 30.9 Å². The van der Waals surface area contributed by atoms with Crippen LogP contribution in [0.25, 0.3) is 0 Å². The van der Waals surface area contributed by atoms with Crippen molar-refractivity contribution in [1.82, 2.24) is 5.32 Å². The van der Waals surface area contributed by atoms with Crippen LogP contribution in [0.5, 0.6) is 0 Å². The van der Waals surface area contributed by atoms with Gasteiger partial charge in [0.05, 0.1) is 0 Å². The van der Waals surface area contributed by atoms with Gasteiger partial charge >= 0.3 is 0 Å². The molecule has 0 aromatic heterocycles.